The van der Waals surface area contributed by atoms with E-state index in [4.69, 9.17) is 4.74 Å². The number of benzene rings is 1. The quantitative estimate of drug-likeness (QED) is 0.787. The topological polar surface area (TPSA) is 60.4 Å². The van der Waals surface area contributed by atoms with Crippen molar-refractivity contribution < 1.29 is 17.9 Å². The van der Waals surface area contributed by atoms with Crippen molar-refractivity contribution in [3.63, 3.8) is 0 Å². The van der Waals surface area contributed by atoms with E-state index in [9.17, 15) is 13.2 Å². The summed E-state index contributed by atoms with van der Waals surface area (Å²) in [4.78, 5) is 12.0. The molecule has 1 aromatic rings. The first-order valence-electron chi connectivity index (χ1n) is 6.43. The van der Waals surface area contributed by atoms with Crippen molar-refractivity contribution in [3.05, 3.63) is 34.9 Å². The summed E-state index contributed by atoms with van der Waals surface area (Å²) in [6.07, 6.45) is 4.12. The van der Waals surface area contributed by atoms with Gasteiger partial charge in [0.25, 0.3) is 0 Å². The van der Waals surface area contributed by atoms with E-state index in [-0.39, 0.29) is 4.90 Å². The normalized spacial score (nSPS) is 18.4. The second-order valence-corrected chi connectivity index (χ2v) is 7.83. The average Bonchev–Trinajstić information content (AvgIpc) is 2.41. The molecule has 1 heterocycles. The standard InChI is InChI=1S/C15H18O4S/c1-5-10-8-11-6-7-15(2,3)20(17,18)13(11)9-12(10)14(16)19-4/h6-9H,5H2,1-4H3. The number of fused-ring (bicyclic) bond motifs is 1. The van der Waals surface area contributed by atoms with Gasteiger partial charge in [-0.05, 0) is 43.5 Å². The van der Waals surface area contributed by atoms with E-state index < -0.39 is 20.6 Å². The Labute approximate surface area is 119 Å². The van der Waals surface area contributed by atoms with Gasteiger partial charge in [0.05, 0.1) is 22.3 Å². The van der Waals surface area contributed by atoms with Crippen LogP contribution in [-0.2, 0) is 21.0 Å². The zero-order chi connectivity index (χ0) is 15.1. The molecule has 4 nitrogen and oxygen atoms in total. The van der Waals surface area contributed by atoms with Gasteiger partial charge >= 0.3 is 5.97 Å². The van der Waals surface area contributed by atoms with E-state index in [1.54, 1.807) is 32.1 Å². The fourth-order valence-corrected chi connectivity index (χ4v) is 3.79. The molecule has 0 spiro atoms. The molecule has 2 rings (SSSR count). The van der Waals surface area contributed by atoms with Crippen LogP contribution in [0.15, 0.2) is 23.1 Å². The number of carbonyl (C=O) groups is 1. The third kappa shape index (κ3) is 2.06. The van der Waals surface area contributed by atoms with Crippen molar-refractivity contribution in [2.75, 3.05) is 7.11 Å². The van der Waals surface area contributed by atoms with E-state index in [2.05, 4.69) is 0 Å². The molecule has 0 saturated carbocycles. The maximum Gasteiger partial charge on any atom is 0.338 e. The number of carbonyl (C=O) groups excluding carboxylic acids is 1. The summed E-state index contributed by atoms with van der Waals surface area (Å²) in [5.41, 5.74) is 1.74. The van der Waals surface area contributed by atoms with Gasteiger partial charge in [-0.25, -0.2) is 13.2 Å². The van der Waals surface area contributed by atoms with Crippen molar-refractivity contribution in [1.82, 2.24) is 0 Å². The molecule has 1 aliphatic heterocycles. The Bertz CT molecular complexity index is 697. The predicted molar refractivity (Wildman–Crippen MR) is 77.5 cm³/mol. The Morgan fingerprint density at radius 2 is 1.95 bits per heavy atom. The van der Waals surface area contributed by atoms with Gasteiger partial charge in [-0.3, -0.25) is 0 Å². The molecule has 0 fully saturated rings. The Morgan fingerprint density at radius 3 is 2.50 bits per heavy atom. The second-order valence-electron chi connectivity index (χ2n) is 5.33. The van der Waals surface area contributed by atoms with Crippen LogP contribution >= 0.6 is 0 Å². The van der Waals surface area contributed by atoms with Crippen molar-refractivity contribution in [1.29, 1.82) is 0 Å². The highest BCUT2D eigenvalue weighted by Gasteiger charge is 2.38. The van der Waals surface area contributed by atoms with Crippen LogP contribution in [0.4, 0.5) is 0 Å². The number of sulfone groups is 1. The molecule has 0 amide bonds. The summed E-state index contributed by atoms with van der Waals surface area (Å²) in [5.74, 6) is -0.507. The first-order valence-corrected chi connectivity index (χ1v) is 7.92. The van der Waals surface area contributed by atoms with Crippen LogP contribution in [0.5, 0.6) is 0 Å². The van der Waals surface area contributed by atoms with E-state index in [0.717, 1.165) is 5.56 Å². The number of hydrogen-bond donors (Lipinski definition) is 0. The third-order valence-corrected chi connectivity index (χ3v) is 6.12. The van der Waals surface area contributed by atoms with E-state index in [1.807, 2.05) is 6.92 Å². The molecule has 5 heteroatoms. The zero-order valence-corrected chi connectivity index (χ0v) is 12.9. The lowest BCUT2D eigenvalue weighted by molar-refractivity contribution is 0.0599. The lowest BCUT2D eigenvalue weighted by Gasteiger charge is -2.27. The fourth-order valence-electron chi connectivity index (χ4n) is 2.26. The molecular weight excluding hydrogens is 276 g/mol. The molecule has 1 aromatic carbocycles. The highest BCUT2D eigenvalue weighted by atomic mass is 32.2. The minimum Gasteiger partial charge on any atom is -0.465 e. The van der Waals surface area contributed by atoms with Gasteiger partial charge in [-0.15, -0.1) is 0 Å². The second kappa shape index (κ2) is 4.74. The Hall–Kier alpha value is -1.62. The van der Waals surface area contributed by atoms with E-state index in [0.29, 0.717) is 17.5 Å². The van der Waals surface area contributed by atoms with Gasteiger partial charge < -0.3 is 4.74 Å². The molecule has 0 aliphatic carbocycles. The average molecular weight is 294 g/mol. The van der Waals surface area contributed by atoms with Gasteiger partial charge in [0.15, 0.2) is 9.84 Å². The van der Waals surface area contributed by atoms with Crippen molar-refractivity contribution in [2.45, 2.75) is 36.8 Å². The molecule has 0 radical (unpaired) electrons. The first kappa shape index (κ1) is 14.8. The van der Waals surface area contributed by atoms with Gasteiger partial charge in [-0.1, -0.05) is 19.1 Å². The Balaban J connectivity index is 2.77. The van der Waals surface area contributed by atoms with Crippen LogP contribution < -0.4 is 0 Å². The van der Waals surface area contributed by atoms with Crippen LogP contribution in [0, 0.1) is 0 Å². The SMILES string of the molecule is CCc1cc2c(cc1C(=O)OC)S(=O)(=O)C(C)(C)C=C2. The van der Waals surface area contributed by atoms with Crippen LogP contribution in [0.25, 0.3) is 6.08 Å². The summed E-state index contributed by atoms with van der Waals surface area (Å²) >= 11 is 0. The molecular formula is C15H18O4S. The minimum atomic E-state index is -3.50. The zero-order valence-electron chi connectivity index (χ0n) is 12.1. The van der Waals surface area contributed by atoms with Gasteiger partial charge in [-0.2, -0.15) is 0 Å². The molecule has 108 valence electrons. The number of ether oxygens (including phenoxy) is 1. The molecule has 0 saturated heterocycles. The fraction of sp³-hybridized carbons (Fsp3) is 0.400. The summed E-state index contributed by atoms with van der Waals surface area (Å²) in [6, 6.07) is 3.20. The van der Waals surface area contributed by atoms with E-state index >= 15 is 0 Å². The first-order chi connectivity index (χ1) is 9.24. The van der Waals surface area contributed by atoms with Crippen LogP contribution in [0.3, 0.4) is 0 Å². The largest absolute Gasteiger partial charge is 0.465 e. The third-order valence-electron chi connectivity index (χ3n) is 3.67. The highest BCUT2D eigenvalue weighted by Crippen LogP contribution is 2.36. The predicted octanol–water partition coefficient (Wildman–Crippen LogP) is 2.61. The number of esters is 1. The molecule has 0 N–H and O–H groups in total. The van der Waals surface area contributed by atoms with Crippen molar-refractivity contribution in [3.8, 4) is 0 Å². The van der Waals surface area contributed by atoms with Crippen LogP contribution in [0.2, 0.25) is 0 Å². The van der Waals surface area contributed by atoms with E-state index in [1.165, 1.54) is 13.2 Å². The maximum absolute atomic E-state index is 12.6. The molecule has 1 aliphatic rings. The smallest absolute Gasteiger partial charge is 0.338 e. The monoisotopic (exact) mass is 294 g/mol. The van der Waals surface area contributed by atoms with Crippen molar-refractivity contribution in [2.24, 2.45) is 0 Å². The maximum atomic E-state index is 12.6. The molecule has 0 atom stereocenters. The van der Waals surface area contributed by atoms with Crippen molar-refractivity contribution >= 4 is 21.9 Å². The summed E-state index contributed by atoms with van der Waals surface area (Å²) in [5, 5.41) is 0. The Morgan fingerprint density at radius 1 is 1.30 bits per heavy atom. The number of rotatable bonds is 2. The molecule has 0 unspecified atom stereocenters. The van der Waals surface area contributed by atoms with Crippen LogP contribution in [0.1, 0.15) is 42.3 Å². The summed E-state index contributed by atoms with van der Waals surface area (Å²) in [7, 11) is -2.21. The summed E-state index contributed by atoms with van der Waals surface area (Å²) in [6.45, 7) is 5.21. The van der Waals surface area contributed by atoms with Gasteiger partial charge in [0.2, 0.25) is 0 Å². The Kier molecular flexibility index (Phi) is 3.50. The number of methoxy groups -OCH3 is 1. The van der Waals surface area contributed by atoms with Gasteiger partial charge in [0, 0.05) is 0 Å². The molecule has 20 heavy (non-hydrogen) atoms. The van der Waals surface area contributed by atoms with Gasteiger partial charge in [0.1, 0.15) is 0 Å². The lowest BCUT2D eigenvalue weighted by Crippen LogP contribution is -2.32. The number of aryl methyl sites for hydroxylation is 1. The summed E-state index contributed by atoms with van der Waals surface area (Å²) < 4.78 is 28.9. The highest BCUT2D eigenvalue weighted by molar-refractivity contribution is 7.93. The number of hydrogen-bond acceptors (Lipinski definition) is 4. The van der Waals surface area contributed by atoms with Crippen LogP contribution in [-0.4, -0.2) is 26.2 Å². The molecule has 0 aromatic heterocycles. The molecule has 0 bridgehead atoms. The lowest BCUT2D eigenvalue weighted by atomic mass is 10.00. The minimum absolute atomic E-state index is 0.197.